The average molecular weight is 265 g/mol. The molecule has 1 aromatic carbocycles. The molecule has 0 fully saturated rings. The van der Waals surface area contributed by atoms with Crippen LogP contribution in [0.4, 0.5) is 4.39 Å². The summed E-state index contributed by atoms with van der Waals surface area (Å²) in [6.07, 6.45) is -0.204. The van der Waals surface area contributed by atoms with Crippen LogP contribution in [0.2, 0.25) is 0 Å². The van der Waals surface area contributed by atoms with Crippen LogP contribution in [0.3, 0.4) is 0 Å². The molecule has 0 aliphatic heterocycles. The fourth-order valence-electron chi connectivity index (χ4n) is 1.69. The van der Waals surface area contributed by atoms with Crippen LogP contribution < -0.4 is 4.74 Å². The Balaban J connectivity index is 2.42. The van der Waals surface area contributed by atoms with Crippen LogP contribution in [-0.2, 0) is 11.2 Å². The predicted molar refractivity (Wildman–Crippen MR) is 63.9 cm³/mol. The quantitative estimate of drug-likeness (QED) is 0.902. The molecule has 7 heteroatoms. The Morgan fingerprint density at radius 2 is 2.26 bits per heavy atom. The number of aromatic nitrogens is 3. The molecule has 0 radical (unpaired) electrons. The highest BCUT2D eigenvalue weighted by Gasteiger charge is 2.14. The number of benzene rings is 1. The molecule has 0 aliphatic rings. The highest BCUT2D eigenvalue weighted by atomic mass is 19.1. The number of carboxylic acid groups (broad SMARTS) is 1. The second-order valence-corrected chi connectivity index (χ2v) is 3.92. The fraction of sp³-hybridized carbons (Fsp3) is 0.250. The van der Waals surface area contributed by atoms with E-state index in [1.165, 1.54) is 30.0 Å². The summed E-state index contributed by atoms with van der Waals surface area (Å²) in [5, 5.41) is 16.4. The van der Waals surface area contributed by atoms with Gasteiger partial charge >= 0.3 is 5.97 Å². The van der Waals surface area contributed by atoms with Crippen molar-refractivity contribution in [2.75, 3.05) is 7.11 Å². The van der Waals surface area contributed by atoms with Gasteiger partial charge in [-0.2, -0.15) is 0 Å². The highest BCUT2D eigenvalue weighted by Crippen LogP contribution is 2.21. The van der Waals surface area contributed by atoms with Crippen molar-refractivity contribution in [1.29, 1.82) is 0 Å². The van der Waals surface area contributed by atoms with Gasteiger partial charge in [0.2, 0.25) is 0 Å². The Morgan fingerprint density at radius 1 is 1.53 bits per heavy atom. The van der Waals surface area contributed by atoms with Crippen molar-refractivity contribution >= 4 is 5.97 Å². The molecule has 2 aromatic rings. The van der Waals surface area contributed by atoms with Crippen LogP contribution in [0.15, 0.2) is 18.2 Å². The van der Waals surface area contributed by atoms with Crippen molar-refractivity contribution in [3.63, 3.8) is 0 Å². The first-order chi connectivity index (χ1) is 9.02. The molecule has 19 heavy (non-hydrogen) atoms. The smallest absolute Gasteiger partial charge is 0.309 e. The van der Waals surface area contributed by atoms with E-state index in [4.69, 9.17) is 9.84 Å². The van der Waals surface area contributed by atoms with Crippen LogP contribution >= 0.6 is 0 Å². The molecular weight excluding hydrogens is 253 g/mol. The lowest BCUT2D eigenvalue weighted by Gasteiger charge is -2.06. The Morgan fingerprint density at radius 3 is 2.89 bits per heavy atom. The van der Waals surface area contributed by atoms with Crippen molar-refractivity contribution < 1.29 is 19.0 Å². The number of carbonyl (C=O) groups is 1. The first-order valence-corrected chi connectivity index (χ1v) is 5.50. The maximum Gasteiger partial charge on any atom is 0.309 e. The summed E-state index contributed by atoms with van der Waals surface area (Å²) < 4.78 is 19.6. The van der Waals surface area contributed by atoms with Crippen LogP contribution in [0.1, 0.15) is 11.4 Å². The van der Waals surface area contributed by atoms with Crippen molar-refractivity contribution in [3.05, 3.63) is 35.4 Å². The third-order valence-corrected chi connectivity index (χ3v) is 2.69. The first-order valence-electron chi connectivity index (χ1n) is 5.50. The van der Waals surface area contributed by atoms with Gasteiger partial charge in [0.15, 0.2) is 11.6 Å². The molecule has 0 saturated carbocycles. The van der Waals surface area contributed by atoms with Gasteiger partial charge < -0.3 is 9.84 Å². The van der Waals surface area contributed by atoms with Crippen LogP contribution in [-0.4, -0.2) is 33.2 Å². The topological polar surface area (TPSA) is 77.2 Å². The summed E-state index contributed by atoms with van der Waals surface area (Å²) >= 11 is 0. The molecule has 100 valence electrons. The van der Waals surface area contributed by atoms with E-state index < -0.39 is 11.8 Å². The second kappa shape index (κ2) is 5.05. The van der Waals surface area contributed by atoms with E-state index >= 15 is 0 Å². The maximum absolute atomic E-state index is 13.3. The van der Waals surface area contributed by atoms with Crippen LogP contribution in [0.25, 0.3) is 5.69 Å². The summed E-state index contributed by atoms with van der Waals surface area (Å²) in [5.74, 6) is -1.37. The lowest BCUT2D eigenvalue weighted by Crippen LogP contribution is -2.04. The van der Waals surface area contributed by atoms with E-state index in [2.05, 4.69) is 10.3 Å². The minimum atomic E-state index is -0.980. The van der Waals surface area contributed by atoms with Crippen molar-refractivity contribution in [2.24, 2.45) is 0 Å². The number of rotatable bonds is 4. The Kier molecular flexibility index (Phi) is 3.46. The molecule has 1 aromatic heterocycles. The number of nitrogens with zero attached hydrogens (tertiary/aromatic N) is 3. The summed E-state index contributed by atoms with van der Waals surface area (Å²) in [4.78, 5) is 10.7. The Labute approximate surface area is 108 Å². The van der Waals surface area contributed by atoms with Gasteiger partial charge in [-0.15, -0.1) is 5.10 Å². The average Bonchev–Trinajstić information content (AvgIpc) is 2.71. The fourth-order valence-corrected chi connectivity index (χ4v) is 1.69. The number of hydrogen-bond acceptors (Lipinski definition) is 4. The standard InChI is InChI=1S/C12H12FN3O3/c1-7-10(6-12(17)18)14-15-16(7)8-3-4-9(13)11(5-8)19-2/h3-5H,6H2,1-2H3,(H,17,18). The van der Waals surface area contributed by atoms with Crippen molar-refractivity contribution in [3.8, 4) is 11.4 Å². The third kappa shape index (κ3) is 2.54. The second-order valence-electron chi connectivity index (χ2n) is 3.92. The molecular formula is C12H12FN3O3. The Hall–Kier alpha value is -2.44. The monoisotopic (exact) mass is 265 g/mol. The molecule has 0 atom stereocenters. The van der Waals surface area contributed by atoms with Gasteiger partial charge in [0.25, 0.3) is 0 Å². The molecule has 1 N–H and O–H groups in total. The van der Waals surface area contributed by atoms with Gasteiger partial charge in [-0.25, -0.2) is 9.07 Å². The number of aliphatic carboxylic acids is 1. The Bertz CT molecular complexity index is 625. The van der Waals surface area contributed by atoms with Gasteiger partial charge in [-0.3, -0.25) is 4.79 Å². The lowest BCUT2D eigenvalue weighted by molar-refractivity contribution is -0.136. The largest absolute Gasteiger partial charge is 0.494 e. The lowest BCUT2D eigenvalue weighted by atomic mass is 10.2. The zero-order valence-electron chi connectivity index (χ0n) is 10.4. The van der Waals surface area contributed by atoms with E-state index in [1.807, 2.05) is 0 Å². The van der Waals surface area contributed by atoms with Gasteiger partial charge in [-0.05, 0) is 19.1 Å². The number of hydrogen-bond donors (Lipinski definition) is 1. The summed E-state index contributed by atoms with van der Waals surface area (Å²) in [6, 6.07) is 4.25. The van der Waals surface area contributed by atoms with Gasteiger partial charge in [0, 0.05) is 6.07 Å². The van der Waals surface area contributed by atoms with Gasteiger partial charge in [0.1, 0.15) is 0 Å². The molecule has 0 amide bonds. The van der Waals surface area contributed by atoms with Crippen LogP contribution in [0.5, 0.6) is 5.75 Å². The predicted octanol–water partition coefficient (Wildman–Crippen LogP) is 1.35. The molecule has 0 bridgehead atoms. The van der Waals surface area contributed by atoms with Gasteiger partial charge in [0.05, 0.1) is 30.6 Å². The normalized spacial score (nSPS) is 10.5. The molecule has 1 heterocycles. The molecule has 0 spiro atoms. The number of carboxylic acids is 1. The molecule has 0 aliphatic carbocycles. The van der Waals surface area contributed by atoms with Crippen molar-refractivity contribution in [1.82, 2.24) is 15.0 Å². The van der Waals surface area contributed by atoms with E-state index in [-0.39, 0.29) is 12.2 Å². The zero-order valence-corrected chi connectivity index (χ0v) is 10.4. The van der Waals surface area contributed by atoms with E-state index in [1.54, 1.807) is 6.92 Å². The summed E-state index contributed by atoms with van der Waals surface area (Å²) in [5.41, 5.74) is 1.52. The maximum atomic E-state index is 13.3. The highest BCUT2D eigenvalue weighted by molar-refractivity contribution is 5.69. The van der Waals surface area contributed by atoms with Crippen molar-refractivity contribution in [2.45, 2.75) is 13.3 Å². The van der Waals surface area contributed by atoms with Gasteiger partial charge in [-0.1, -0.05) is 5.21 Å². The number of ether oxygens (including phenoxy) is 1. The molecule has 0 unspecified atom stereocenters. The van der Waals surface area contributed by atoms with E-state index in [0.29, 0.717) is 17.1 Å². The number of methoxy groups -OCH3 is 1. The van der Waals surface area contributed by atoms with E-state index in [0.717, 1.165) is 0 Å². The summed E-state index contributed by atoms with van der Waals surface area (Å²) in [6.45, 7) is 1.70. The molecule has 6 nitrogen and oxygen atoms in total. The molecule has 0 saturated heterocycles. The zero-order chi connectivity index (χ0) is 14.0. The molecule has 2 rings (SSSR count). The number of halogens is 1. The van der Waals surface area contributed by atoms with Crippen LogP contribution in [0, 0.1) is 12.7 Å². The SMILES string of the molecule is COc1cc(-n2nnc(CC(=O)O)c2C)ccc1F. The summed E-state index contributed by atoms with van der Waals surface area (Å²) in [7, 11) is 1.37. The third-order valence-electron chi connectivity index (χ3n) is 2.69. The minimum absolute atomic E-state index is 0.0900. The minimum Gasteiger partial charge on any atom is -0.494 e. The van der Waals surface area contributed by atoms with E-state index in [9.17, 15) is 9.18 Å². The first kappa shape index (κ1) is 13.0.